The molecule has 1 atom stereocenters. The number of carbonyl (C=O) groups excluding carboxylic acids is 2. The van der Waals surface area contributed by atoms with Crippen molar-refractivity contribution in [1.29, 1.82) is 0 Å². The normalized spacial score (nSPS) is 18.9. The molecule has 0 N–H and O–H groups in total. The number of ether oxygens (including phenoxy) is 2. The highest BCUT2D eigenvalue weighted by Crippen LogP contribution is 2.15. The summed E-state index contributed by atoms with van der Waals surface area (Å²) in [5.74, 6) is -0.927. The van der Waals surface area contributed by atoms with E-state index in [-0.39, 0.29) is 0 Å². The van der Waals surface area contributed by atoms with Crippen LogP contribution in [-0.2, 0) is 14.3 Å². The second-order valence-corrected chi connectivity index (χ2v) is 4.23. The molecule has 0 spiro atoms. The number of esters is 2. The standard InChI is InChI=1S/C13H14O4/c1-8-5-9(2)7-10(6-8)12(14)17-11-3-4-16-13(11)15/h5-7,11H,3-4H2,1-2H3. The molecule has 1 aliphatic heterocycles. The van der Waals surface area contributed by atoms with E-state index in [1.54, 1.807) is 12.1 Å². The van der Waals surface area contributed by atoms with Crippen molar-refractivity contribution in [3.63, 3.8) is 0 Å². The van der Waals surface area contributed by atoms with Crippen molar-refractivity contribution in [2.45, 2.75) is 26.4 Å². The Bertz CT molecular complexity index is 444. The minimum absolute atomic E-state index is 0.323. The second kappa shape index (κ2) is 4.57. The van der Waals surface area contributed by atoms with Gasteiger partial charge in [0.1, 0.15) is 0 Å². The van der Waals surface area contributed by atoms with E-state index in [2.05, 4.69) is 0 Å². The summed E-state index contributed by atoms with van der Waals surface area (Å²) in [6.45, 7) is 4.14. The van der Waals surface area contributed by atoms with E-state index in [1.807, 2.05) is 19.9 Å². The highest BCUT2D eigenvalue weighted by molar-refractivity contribution is 5.92. The Kier molecular flexibility index (Phi) is 3.13. The molecule has 0 saturated carbocycles. The number of hydrogen-bond acceptors (Lipinski definition) is 4. The minimum atomic E-state index is -0.747. The van der Waals surface area contributed by atoms with Gasteiger partial charge < -0.3 is 9.47 Å². The average Bonchev–Trinajstić information content (AvgIpc) is 2.63. The summed E-state index contributed by atoms with van der Waals surface area (Å²) in [5.41, 5.74) is 2.46. The smallest absolute Gasteiger partial charge is 0.347 e. The third-order valence-corrected chi connectivity index (χ3v) is 2.59. The van der Waals surface area contributed by atoms with E-state index in [0.29, 0.717) is 18.6 Å². The fourth-order valence-corrected chi connectivity index (χ4v) is 1.87. The van der Waals surface area contributed by atoms with Crippen LogP contribution in [-0.4, -0.2) is 24.6 Å². The van der Waals surface area contributed by atoms with Gasteiger partial charge in [0.15, 0.2) is 0 Å². The first kappa shape index (κ1) is 11.6. The highest BCUT2D eigenvalue weighted by Gasteiger charge is 2.30. The van der Waals surface area contributed by atoms with Crippen molar-refractivity contribution < 1.29 is 19.1 Å². The maximum absolute atomic E-state index is 11.8. The van der Waals surface area contributed by atoms with Gasteiger partial charge in [0.2, 0.25) is 6.10 Å². The molecule has 1 aliphatic rings. The van der Waals surface area contributed by atoms with Crippen molar-refractivity contribution in [2.24, 2.45) is 0 Å². The van der Waals surface area contributed by atoms with E-state index in [0.717, 1.165) is 11.1 Å². The predicted molar refractivity (Wildman–Crippen MR) is 60.7 cm³/mol. The van der Waals surface area contributed by atoms with Gasteiger partial charge in [-0.3, -0.25) is 0 Å². The molecule has 0 aliphatic carbocycles. The Labute approximate surface area is 99.5 Å². The summed E-state index contributed by atoms with van der Waals surface area (Å²) in [5, 5.41) is 0. The molecule has 0 amide bonds. The fourth-order valence-electron chi connectivity index (χ4n) is 1.87. The van der Waals surface area contributed by atoms with Crippen LogP contribution in [0.25, 0.3) is 0 Å². The summed E-state index contributed by atoms with van der Waals surface area (Å²) in [4.78, 5) is 23.0. The molecule has 1 fully saturated rings. The van der Waals surface area contributed by atoms with Crippen molar-refractivity contribution >= 4 is 11.9 Å². The zero-order chi connectivity index (χ0) is 12.4. The lowest BCUT2D eigenvalue weighted by Crippen LogP contribution is -2.22. The lowest BCUT2D eigenvalue weighted by atomic mass is 10.1. The molecular weight excluding hydrogens is 220 g/mol. The molecule has 2 rings (SSSR count). The molecule has 1 heterocycles. The third-order valence-electron chi connectivity index (χ3n) is 2.59. The summed E-state index contributed by atoms with van der Waals surface area (Å²) in [7, 11) is 0. The molecular formula is C13H14O4. The molecule has 4 heteroatoms. The van der Waals surface area contributed by atoms with Crippen molar-refractivity contribution in [1.82, 2.24) is 0 Å². The number of benzene rings is 1. The van der Waals surface area contributed by atoms with E-state index >= 15 is 0 Å². The van der Waals surface area contributed by atoms with Crippen molar-refractivity contribution in [2.75, 3.05) is 6.61 Å². The first-order valence-corrected chi connectivity index (χ1v) is 5.52. The van der Waals surface area contributed by atoms with E-state index in [9.17, 15) is 9.59 Å². The first-order valence-electron chi connectivity index (χ1n) is 5.52. The summed E-state index contributed by atoms with van der Waals surface area (Å²) in [6, 6.07) is 5.46. The minimum Gasteiger partial charge on any atom is -0.463 e. The molecule has 1 aromatic carbocycles. The zero-order valence-corrected chi connectivity index (χ0v) is 9.86. The van der Waals surface area contributed by atoms with Crippen LogP contribution in [0.1, 0.15) is 27.9 Å². The molecule has 1 unspecified atom stereocenters. The van der Waals surface area contributed by atoms with E-state index in [4.69, 9.17) is 9.47 Å². The van der Waals surface area contributed by atoms with Crippen LogP contribution >= 0.6 is 0 Å². The van der Waals surface area contributed by atoms with Gasteiger partial charge in [-0.05, 0) is 26.0 Å². The van der Waals surface area contributed by atoms with Gasteiger partial charge in [-0.25, -0.2) is 9.59 Å². The Balaban J connectivity index is 2.11. The van der Waals surface area contributed by atoms with E-state index in [1.165, 1.54) is 0 Å². The Morgan fingerprint density at radius 3 is 2.47 bits per heavy atom. The maximum atomic E-state index is 11.8. The summed E-state index contributed by atoms with van der Waals surface area (Å²) >= 11 is 0. The molecule has 0 aromatic heterocycles. The van der Waals surface area contributed by atoms with Crippen molar-refractivity contribution in [3.8, 4) is 0 Å². The number of cyclic esters (lactones) is 1. The SMILES string of the molecule is Cc1cc(C)cc(C(=O)OC2CCOC2=O)c1. The zero-order valence-electron chi connectivity index (χ0n) is 9.86. The van der Waals surface area contributed by atoms with Gasteiger partial charge in [0.25, 0.3) is 0 Å². The number of carbonyl (C=O) groups is 2. The fraction of sp³-hybridized carbons (Fsp3) is 0.385. The second-order valence-electron chi connectivity index (χ2n) is 4.23. The number of aryl methyl sites for hydroxylation is 2. The average molecular weight is 234 g/mol. The van der Waals surface area contributed by atoms with Crippen LogP contribution in [0.2, 0.25) is 0 Å². The van der Waals surface area contributed by atoms with Gasteiger partial charge in [-0.2, -0.15) is 0 Å². The predicted octanol–water partition coefficient (Wildman–Crippen LogP) is 1.78. The Morgan fingerprint density at radius 1 is 1.29 bits per heavy atom. The van der Waals surface area contributed by atoms with Crippen LogP contribution in [0.3, 0.4) is 0 Å². The maximum Gasteiger partial charge on any atom is 0.347 e. The molecule has 1 saturated heterocycles. The molecule has 1 aromatic rings. The van der Waals surface area contributed by atoms with Crippen LogP contribution in [0.5, 0.6) is 0 Å². The molecule has 4 nitrogen and oxygen atoms in total. The van der Waals surface area contributed by atoms with Gasteiger partial charge in [-0.1, -0.05) is 17.2 Å². The van der Waals surface area contributed by atoms with Gasteiger partial charge in [-0.15, -0.1) is 0 Å². The van der Waals surface area contributed by atoms with Crippen molar-refractivity contribution in [3.05, 3.63) is 34.9 Å². The molecule has 0 bridgehead atoms. The lowest BCUT2D eigenvalue weighted by molar-refractivity contribution is -0.145. The summed E-state index contributed by atoms with van der Waals surface area (Å²) in [6.07, 6.45) is -0.307. The quantitative estimate of drug-likeness (QED) is 0.732. The van der Waals surface area contributed by atoms with Crippen LogP contribution in [0, 0.1) is 13.8 Å². The lowest BCUT2D eigenvalue weighted by Gasteiger charge is -2.09. The number of rotatable bonds is 2. The Morgan fingerprint density at radius 2 is 1.94 bits per heavy atom. The largest absolute Gasteiger partial charge is 0.463 e. The van der Waals surface area contributed by atoms with Gasteiger partial charge in [0, 0.05) is 6.42 Å². The third kappa shape index (κ3) is 2.64. The van der Waals surface area contributed by atoms with Crippen LogP contribution < -0.4 is 0 Å². The molecule has 0 radical (unpaired) electrons. The summed E-state index contributed by atoms with van der Waals surface area (Å²) < 4.78 is 9.84. The van der Waals surface area contributed by atoms with Gasteiger partial charge in [0.05, 0.1) is 12.2 Å². The van der Waals surface area contributed by atoms with Crippen LogP contribution in [0.4, 0.5) is 0 Å². The molecule has 17 heavy (non-hydrogen) atoms. The monoisotopic (exact) mass is 234 g/mol. The highest BCUT2D eigenvalue weighted by atomic mass is 16.6. The van der Waals surface area contributed by atoms with Gasteiger partial charge >= 0.3 is 11.9 Å². The first-order chi connectivity index (χ1) is 8.06. The molecule has 90 valence electrons. The number of hydrogen-bond donors (Lipinski definition) is 0. The van der Waals surface area contributed by atoms with E-state index < -0.39 is 18.0 Å². The Hall–Kier alpha value is -1.84. The van der Waals surface area contributed by atoms with Crippen LogP contribution in [0.15, 0.2) is 18.2 Å². The topological polar surface area (TPSA) is 52.6 Å².